The van der Waals surface area contributed by atoms with Gasteiger partial charge in [0.05, 0.1) is 6.61 Å². The molecule has 2 aromatic carbocycles. The Hall–Kier alpha value is -4.20. The third kappa shape index (κ3) is 6.53. The van der Waals surface area contributed by atoms with Gasteiger partial charge >= 0.3 is 11.9 Å². The minimum Gasteiger partial charge on any atom is -0.504 e. The number of aromatic hydroxyl groups is 4. The van der Waals surface area contributed by atoms with Gasteiger partial charge in [-0.05, 0) is 151 Å². The highest BCUT2D eigenvalue weighted by atomic mass is 16.5. The van der Waals surface area contributed by atoms with Crippen molar-refractivity contribution in [2.45, 2.75) is 112 Å². The second-order valence-electron chi connectivity index (χ2n) is 19.6. The lowest BCUT2D eigenvalue weighted by Gasteiger charge is -2.71. The predicted octanol–water partition coefficient (Wildman–Crippen LogP) is 10.3. The van der Waals surface area contributed by atoms with Crippen LogP contribution < -0.4 is 0 Å². The fourth-order valence-electron chi connectivity index (χ4n) is 13.1. The van der Waals surface area contributed by atoms with E-state index in [0.29, 0.717) is 47.3 Å². The van der Waals surface area contributed by atoms with E-state index in [9.17, 15) is 30.0 Å². The average Bonchev–Trinajstić information content (AvgIpc) is 3.15. The van der Waals surface area contributed by atoms with E-state index in [1.807, 2.05) is 0 Å². The van der Waals surface area contributed by atoms with Crippen LogP contribution in [0.5, 0.6) is 23.0 Å². The molecule has 56 heavy (non-hydrogen) atoms. The Bertz CT molecular complexity index is 1960. The van der Waals surface area contributed by atoms with Gasteiger partial charge in [-0.15, -0.1) is 0 Å². The molecule has 0 bridgehead atoms. The molecular weight excluding hydrogens is 705 g/mol. The van der Waals surface area contributed by atoms with Crippen molar-refractivity contribution in [1.82, 2.24) is 0 Å². The van der Waals surface area contributed by atoms with Crippen LogP contribution in [0.2, 0.25) is 0 Å². The third-order valence-electron chi connectivity index (χ3n) is 16.7. The molecule has 0 spiro atoms. The van der Waals surface area contributed by atoms with E-state index in [0.717, 1.165) is 57.8 Å². The first kappa shape index (κ1) is 40.0. The third-order valence-corrected chi connectivity index (χ3v) is 16.7. The number of hydrogen-bond acceptors (Lipinski definition) is 8. The van der Waals surface area contributed by atoms with Crippen LogP contribution in [0.3, 0.4) is 0 Å². The maximum Gasteiger partial charge on any atom is 0.331 e. The molecule has 5 aliphatic carbocycles. The van der Waals surface area contributed by atoms with Crippen LogP contribution in [-0.4, -0.2) is 45.1 Å². The molecule has 2 aromatic rings. The van der Waals surface area contributed by atoms with Crippen molar-refractivity contribution >= 4 is 24.1 Å². The molecule has 4 N–H and O–H groups in total. The quantitative estimate of drug-likeness (QED) is 0.0947. The fourth-order valence-corrected chi connectivity index (χ4v) is 13.1. The number of hydrogen-bond donors (Lipinski definition) is 4. The molecule has 5 aliphatic rings. The summed E-state index contributed by atoms with van der Waals surface area (Å²) >= 11 is 0. The van der Waals surface area contributed by atoms with E-state index in [-0.39, 0.29) is 56.2 Å². The maximum absolute atomic E-state index is 13.2. The van der Waals surface area contributed by atoms with E-state index >= 15 is 0 Å². The Balaban J connectivity index is 1.10. The van der Waals surface area contributed by atoms with Crippen LogP contribution in [0.4, 0.5) is 0 Å². The number of ether oxygens (including phenoxy) is 2. The highest BCUT2D eigenvalue weighted by Crippen LogP contribution is 2.76. The molecule has 302 valence electrons. The number of phenolic OH excluding ortho intramolecular Hbond substituents is 4. The van der Waals surface area contributed by atoms with Crippen molar-refractivity contribution in [2.75, 3.05) is 6.61 Å². The lowest BCUT2D eigenvalue weighted by atomic mass is 9.33. The summed E-state index contributed by atoms with van der Waals surface area (Å²) < 4.78 is 12.3. The van der Waals surface area contributed by atoms with Crippen LogP contribution in [-0.2, 0) is 19.1 Å². The zero-order valence-corrected chi connectivity index (χ0v) is 34.3. The van der Waals surface area contributed by atoms with Crippen molar-refractivity contribution in [3.8, 4) is 23.0 Å². The number of phenols is 4. The van der Waals surface area contributed by atoms with Crippen molar-refractivity contribution in [1.29, 1.82) is 0 Å². The highest BCUT2D eigenvalue weighted by Gasteiger charge is 2.69. The van der Waals surface area contributed by atoms with Gasteiger partial charge < -0.3 is 29.9 Å². The fraction of sp³-hybridized carbons (Fsp3) is 0.583. The largest absolute Gasteiger partial charge is 0.504 e. The SMILES string of the molecule is CC1CCC2(COC(=O)C=Cc3ccc(O)c(O)c3)CCC3(C)C(=CCC4C5(C)CCC(OC(=O)C=Cc6ccc(O)c(O)c6)C(C)(C)C5CCC43C)C2C1C. The second-order valence-corrected chi connectivity index (χ2v) is 19.6. The Morgan fingerprint density at radius 2 is 1.36 bits per heavy atom. The van der Waals surface area contributed by atoms with Crippen LogP contribution in [0.25, 0.3) is 12.2 Å². The molecule has 0 amide bonds. The standard InChI is InChI=1S/C48H62O8/c1-29-18-23-48(28-55-41(53)16-10-31-8-13-34(49)36(51)26-31)25-24-46(6)33(43(48)30(29)2)12-15-39-45(5)21-20-40(44(3,4)38(45)19-22-47(39,46)7)56-42(54)17-11-32-9-14-35(50)37(52)27-32/h8-14,16-17,26-27,29-30,38-40,43,49-52H,15,18-25,28H2,1-7H3. The second kappa shape index (κ2) is 14.3. The van der Waals surface area contributed by atoms with Gasteiger partial charge in [-0.2, -0.15) is 0 Å². The topological polar surface area (TPSA) is 134 Å². The monoisotopic (exact) mass is 766 g/mol. The summed E-state index contributed by atoms with van der Waals surface area (Å²) in [6.07, 6.45) is 17.8. The molecule has 4 saturated carbocycles. The molecule has 0 aliphatic heterocycles. The summed E-state index contributed by atoms with van der Waals surface area (Å²) in [7, 11) is 0. The molecule has 4 fully saturated rings. The van der Waals surface area contributed by atoms with E-state index in [1.54, 1.807) is 29.9 Å². The zero-order chi connectivity index (χ0) is 40.4. The van der Waals surface area contributed by atoms with E-state index in [1.165, 1.54) is 36.4 Å². The van der Waals surface area contributed by atoms with Gasteiger partial charge in [0, 0.05) is 23.0 Å². The van der Waals surface area contributed by atoms with Crippen molar-refractivity contribution in [3.05, 3.63) is 71.3 Å². The van der Waals surface area contributed by atoms with Crippen molar-refractivity contribution < 1.29 is 39.5 Å². The van der Waals surface area contributed by atoms with Gasteiger partial charge in [-0.1, -0.05) is 72.2 Å². The average molecular weight is 767 g/mol. The van der Waals surface area contributed by atoms with Gasteiger partial charge in [0.15, 0.2) is 23.0 Å². The molecule has 0 heterocycles. The van der Waals surface area contributed by atoms with Crippen LogP contribution >= 0.6 is 0 Å². The Morgan fingerprint density at radius 3 is 1.98 bits per heavy atom. The number of allylic oxidation sites excluding steroid dienone is 2. The van der Waals surface area contributed by atoms with E-state index < -0.39 is 11.9 Å². The van der Waals surface area contributed by atoms with Gasteiger partial charge in [-0.3, -0.25) is 0 Å². The highest BCUT2D eigenvalue weighted by molar-refractivity contribution is 5.88. The van der Waals surface area contributed by atoms with Crippen molar-refractivity contribution in [3.63, 3.8) is 0 Å². The summed E-state index contributed by atoms with van der Waals surface area (Å²) in [4.78, 5) is 26.3. The Labute approximate surface area is 332 Å². The first-order valence-electron chi connectivity index (χ1n) is 20.8. The Kier molecular flexibility index (Phi) is 10.2. The van der Waals surface area contributed by atoms with E-state index in [2.05, 4.69) is 54.5 Å². The number of fused-ring (bicyclic) bond motifs is 7. The van der Waals surface area contributed by atoms with E-state index in [4.69, 9.17) is 9.47 Å². The molecule has 8 nitrogen and oxygen atoms in total. The zero-order valence-electron chi connectivity index (χ0n) is 34.3. The minimum absolute atomic E-state index is 0.0229. The first-order valence-corrected chi connectivity index (χ1v) is 20.8. The molecular formula is C48H62O8. The molecule has 10 atom stereocenters. The van der Waals surface area contributed by atoms with Crippen LogP contribution in [0.1, 0.15) is 117 Å². The summed E-state index contributed by atoms with van der Waals surface area (Å²) in [6.45, 7) is 17.5. The first-order chi connectivity index (χ1) is 26.3. The lowest BCUT2D eigenvalue weighted by Crippen LogP contribution is -2.65. The van der Waals surface area contributed by atoms with Gasteiger partial charge in [0.25, 0.3) is 0 Å². The molecule has 7 rings (SSSR count). The number of benzene rings is 2. The van der Waals surface area contributed by atoms with Gasteiger partial charge in [-0.25, -0.2) is 9.59 Å². The van der Waals surface area contributed by atoms with Crippen molar-refractivity contribution in [2.24, 2.45) is 56.7 Å². The normalized spacial score (nSPS) is 37.4. The molecule has 0 saturated heterocycles. The summed E-state index contributed by atoms with van der Waals surface area (Å²) in [5.41, 5.74) is 2.71. The smallest absolute Gasteiger partial charge is 0.331 e. The molecule has 10 unspecified atom stereocenters. The number of esters is 2. The summed E-state index contributed by atoms with van der Waals surface area (Å²) in [6, 6.07) is 8.94. The molecule has 0 aromatic heterocycles. The molecule has 8 heteroatoms. The lowest BCUT2D eigenvalue weighted by molar-refractivity contribution is -0.213. The summed E-state index contributed by atoms with van der Waals surface area (Å²) in [5.74, 6) is 0.632. The number of rotatable bonds is 7. The number of carbonyl (C=O) groups excluding carboxylic acids is 2. The predicted molar refractivity (Wildman–Crippen MR) is 217 cm³/mol. The van der Waals surface area contributed by atoms with Crippen LogP contribution in [0.15, 0.2) is 60.2 Å². The molecule has 0 radical (unpaired) electrons. The van der Waals surface area contributed by atoms with Crippen LogP contribution in [0, 0.1) is 56.7 Å². The number of carbonyl (C=O) groups is 2. The Morgan fingerprint density at radius 1 is 0.732 bits per heavy atom. The van der Waals surface area contributed by atoms with Gasteiger partial charge in [0.1, 0.15) is 6.10 Å². The van der Waals surface area contributed by atoms with Gasteiger partial charge in [0.2, 0.25) is 0 Å². The minimum atomic E-state index is -0.390. The maximum atomic E-state index is 13.2. The summed E-state index contributed by atoms with van der Waals surface area (Å²) in [5, 5.41) is 39.0.